The Morgan fingerprint density at radius 2 is 1.96 bits per heavy atom. The van der Waals surface area contributed by atoms with Crippen LogP contribution in [-0.4, -0.2) is 35.3 Å². The van der Waals surface area contributed by atoms with Crippen molar-refractivity contribution in [3.63, 3.8) is 0 Å². The number of nitrogens with zero attached hydrogens (tertiary/aromatic N) is 1. The lowest BCUT2D eigenvalue weighted by atomic mass is 9.76. The van der Waals surface area contributed by atoms with E-state index in [1.165, 1.54) is 0 Å². The van der Waals surface area contributed by atoms with Crippen LogP contribution >= 0.6 is 0 Å². The number of urea groups is 1. The van der Waals surface area contributed by atoms with Crippen LogP contribution in [0.5, 0.6) is 0 Å². The first kappa shape index (κ1) is 18.0. The number of nitrogens with one attached hydrogen (secondary N) is 2. The molecule has 1 heterocycles. The molecule has 1 spiro atoms. The SMILES string of the molecule is CC1CCC(NC(=O)CN2C(=O)NC3(CCCc4ccccc43)C2=O)CC1. The van der Waals surface area contributed by atoms with Gasteiger partial charge in [-0.05, 0) is 62.0 Å². The van der Waals surface area contributed by atoms with Gasteiger partial charge in [0, 0.05) is 6.04 Å². The average molecular weight is 369 g/mol. The molecule has 6 nitrogen and oxygen atoms in total. The van der Waals surface area contributed by atoms with Crippen molar-refractivity contribution in [2.45, 2.75) is 63.5 Å². The van der Waals surface area contributed by atoms with Crippen LogP contribution < -0.4 is 10.6 Å². The topological polar surface area (TPSA) is 78.5 Å². The Morgan fingerprint density at radius 1 is 1.22 bits per heavy atom. The number of carbonyl (C=O) groups is 3. The molecule has 1 saturated heterocycles. The lowest BCUT2D eigenvalue weighted by Crippen LogP contribution is -2.48. The van der Waals surface area contributed by atoms with Crippen LogP contribution in [0.1, 0.15) is 56.6 Å². The van der Waals surface area contributed by atoms with Crippen molar-refractivity contribution in [1.29, 1.82) is 0 Å². The Hall–Kier alpha value is -2.37. The number of carbonyl (C=O) groups excluding carboxylic acids is 3. The van der Waals surface area contributed by atoms with E-state index in [0.717, 1.165) is 54.6 Å². The Labute approximate surface area is 159 Å². The van der Waals surface area contributed by atoms with Gasteiger partial charge in [-0.3, -0.25) is 14.5 Å². The van der Waals surface area contributed by atoms with Crippen LogP contribution in [0.3, 0.4) is 0 Å². The fraction of sp³-hybridized carbons (Fsp3) is 0.571. The molecule has 0 radical (unpaired) electrons. The summed E-state index contributed by atoms with van der Waals surface area (Å²) < 4.78 is 0. The normalized spacial score (nSPS) is 30.2. The molecule has 6 heteroatoms. The van der Waals surface area contributed by atoms with Gasteiger partial charge in [0.1, 0.15) is 12.1 Å². The molecule has 2 fully saturated rings. The van der Waals surface area contributed by atoms with Gasteiger partial charge in [-0.15, -0.1) is 0 Å². The van der Waals surface area contributed by atoms with Gasteiger partial charge in [0.15, 0.2) is 0 Å². The number of amides is 4. The molecule has 4 rings (SSSR count). The minimum Gasteiger partial charge on any atom is -0.352 e. The Kier molecular flexibility index (Phi) is 4.66. The smallest absolute Gasteiger partial charge is 0.325 e. The molecule has 0 aromatic heterocycles. The molecule has 27 heavy (non-hydrogen) atoms. The van der Waals surface area contributed by atoms with Crippen molar-refractivity contribution in [3.8, 4) is 0 Å². The Bertz CT molecular complexity index is 770. The van der Waals surface area contributed by atoms with Crippen LogP contribution in [0, 0.1) is 5.92 Å². The molecule has 1 aliphatic heterocycles. The number of rotatable bonds is 3. The fourth-order valence-corrected chi connectivity index (χ4v) is 4.78. The predicted octanol–water partition coefficient (Wildman–Crippen LogP) is 2.46. The fourth-order valence-electron chi connectivity index (χ4n) is 4.78. The van der Waals surface area contributed by atoms with Crippen LogP contribution in [-0.2, 0) is 21.5 Å². The maximum Gasteiger partial charge on any atom is 0.325 e. The molecule has 1 atom stereocenters. The number of benzene rings is 1. The summed E-state index contributed by atoms with van der Waals surface area (Å²) in [5.41, 5.74) is 0.964. The minimum atomic E-state index is -1.01. The molecule has 1 saturated carbocycles. The molecule has 4 amide bonds. The largest absolute Gasteiger partial charge is 0.352 e. The highest BCUT2D eigenvalue weighted by molar-refractivity contribution is 6.09. The van der Waals surface area contributed by atoms with Gasteiger partial charge >= 0.3 is 6.03 Å². The first-order valence-electron chi connectivity index (χ1n) is 10.0. The number of hydrogen-bond acceptors (Lipinski definition) is 3. The van der Waals surface area contributed by atoms with Crippen molar-refractivity contribution >= 4 is 17.8 Å². The van der Waals surface area contributed by atoms with Gasteiger partial charge < -0.3 is 10.6 Å². The van der Waals surface area contributed by atoms with E-state index in [0.29, 0.717) is 12.3 Å². The third-order valence-corrected chi connectivity index (χ3v) is 6.33. The maximum absolute atomic E-state index is 13.2. The highest BCUT2D eigenvalue weighted by atomic mass is 16.2. The van der Waals surface area contributed by atoms with Gasteiger partial charge in [-0.1, -0.05) is 31.2 Å². The summed E-state index contributed by atoms with van der Waals surface area (Å²) in [7, 11) is 0. The van der Waals surface area contributed by atoms with E-state index in [2.05, 4.69) is 17.6 Å². The lowest BCUT2D eigenvalue weighted by Gasteiger charge is -2.33. The summed E-state index contributed by atoms with van der Waals surface area (Å²) in [4.78, 5) is 39.3. The van der Waals surface area contributed by atoms with Crippen LogP contribution in [0.15, 0.2) is 24.3 Å². The predicted molar refractivity (Wildman–Crippen MR) is 101 cm³/mol. The van der Waals surface area contributed by atoms with Gasteiger partial charge in [-0.25, -0.2) is 4.79 Å². The maximum atomic E-state index is 13.2. The quantitative estimate of drug-likeness (QED) is 0.804. The second-order valence-corrected chi connectivity index (χ2v) is 8.26. The minimum absolute atomic E-state index is 0.152. The van der Waals surface area contributed by atoms with E-state index < -0.39 is 11.6 Å². The standard InChI is InChI=1S/C21H27N3O3/c1-14-8-10-16(11-9-14)22-18(25)13-24-19(26)21(23-20(24)27)12-4-6-15-5-2-3-7-17(15)21/h2-3,5,7,14,16H,4,6,8-13H2,1H3,(H,22,25)(H,23,27). The molecule has 1 aromatic carbocycles. The highest BCUT2D eigenvalue weighted by Gasteiger charge is 2.54. The second kappa shape index (κ2) is 6.98. The van der Waals surface area contributed by atoms with Crippen LogP contribution in [0.4, 0.5) is 4.79 Å². The Balaban J connectivity index is 1.47. The summed E-state index contributed by atoms with van der Waals surface area (Å²) in [6.07, 6.45) is 6.45. The second-order valence-electron chi connectivity index (χ2n) is 8.26. The molecular formula is C21H27N3O3. The zero-order valence-electron chi connectivity index (χ0n) is 15.8. The van der Waals surface area contributed by atoms with E-state index >= 15 is 0 Å². The number of hydrogen-bond donors (Lipinski definition) is 2. The van der Waals surface area contributed by atoms with E-state index in [4.69, 9.17) is 0 Å². The summed E-state index contributed by atoms with van der Waals surface area (Å²) in [6, 6.07) is 7.46. The van der Waals surface area contributed by atoms with Gasteiger partial charge in [0.25, 0.3) is 5.91 Å². The van der Waals surface area contributed by atoms with Crippen LogP contribution in [0.25, 0.3) is 0 Å². The lowest BCUT2D eigenvalue weighted by molar-refractivity contribution is -0.136. The molecule has 0 bridgehead atoms. The monoisotopic (exact) mass is 369 g/mol. The number of imide groups is 1. The third-order valence-electron chi connectivity index (χ3n) is 6.33. The number of fused-ring (bicyclic) bond motifs is 2. The van der Waals surface area contributed by atoms with E-state index in [1.807, 2.05) is 24.3 Å². The van der Waals surface area contributed by atoms with E-state index in [9.17, 15) is 14.4 Å². The van der Waals surface area contributed by atoms with Crippen molar-refractivity contribution in [2.75, 3.05) is 6.54 Å². The van der Waals surface area contributed by atoms with Gasteiger partial charge in [0.2, 0.25) is 5.91 Å². The third kappa shape index (κ3) is 3.22. The first-order valence-corrected chi connectivity index (χ1v) is 10.0. The molecule has 1 unspecified atom stereocenters. The first-order chi connectivity index (χ1) is 13.0. The summed E-state index contributed by atoms with van der Waals surface area (Å²) in [5, 5.41) is 5.90. The van der Waals surface area contributed by atoms with Crippen molar-refractivity contribution in [3.05, 3.63) is 35.4 Å². The van der Waals surface area contributed by atoms with E-state index in [-0.39, 0.29) is 24.4 Å². The highest BCUT2D eigenvalue weighted by Crippen LogP contribution is 2.39. The summed E-state index contributed by atoms with van der Waals surface area (Å²) >= 11 is 0. The van der Waals surface area contributed by atoms with Gasteiger partial charge in [-0.2, -0.15) is 0 Å². The van der Waals surface area contributed by atoms with Crippen LogP contribution in [0.2, 0.25) is 0 Å². The molecule has 2 N–H and O–H groups in total. The van der Waals surface area contributed by atoms with Crippen molar-refractivity contribution < 1.29 is 14.4 Å². The zero-order valence-corrected chi connectivity index (χ0v) is 15.8. The molecule has 3 aliphatic rings. The summed E-state index contributed by atoms with van der Waals surface area (Å²) in [5.74, 6) is 0.154. The van der Waals surface area contributed by atoms with Crippen molar-refractivity contribution in [1.82, 2.24) is 15.5 Å². The average Bonchev–Trinajstić information content (AvgIpc) is 2.89. The molecule has 2 aliphatic carbocycles. The van der Waals surface area contributed by atoms with Crippen molar-refractivity contribution in [2.24, 2.45) is 5.92 Å². The molecule has 1 aromatic rings. The van der Waals surface area contributed by atoms with Gasteiger partial charge in [0.05, 0.1) is 0 Å². The molecular weight excluding hydrogens is 342 g/mol. The Morgan fingerprint density at radius 3 is 2.74 bits per heavy atom. The zero-order chi connectivity index (χ0) is 19.0. The summed E-state index contributed by atoms with van der Waals surface area (Å²) in [6.45, 7) is 2.02. The van der Waals surface area contributed by atoms with E-state index in [1.54, 1.807) is 0 Å². The number of aryl methyl sites for hydroxylation is 1. The molecule has 144 valence electrons.